The molecule has 2 aromatic rings. The maximum atomic E-state index is 5.69. The number of nitrogens with zero attached hydrogens (tertiary/aromatic N) is 1. The molecule has 2 N–H and O–H groups in total. The molecule has 0 bridgehead atoms. The highest BCUT2D eigenvalue weighted by Gasteiger charge is 2.17. The van der Waals surface area contributed by atoms with E-state index >= 15 is 0 Å². The maximum absolute atomic E-state index is 5.69. The molecule has 1 aromatic carbocycles. The molecule has 0 saturated heterocycles. The van der Waals surface area contributed by atoms with Crippen LogP contribution in [0.5, 0.6) is 11.5 Å². The van der Waals surface area contributed by atoms with Gasteiger partial charge in [-0.3, -0.25) is 0 Å². The number of nitrogens with two attached hydrogens (primary N) is 1. The number of aromatic nitrogens is 1. The third-order valence-corrected chi connectivity index (χ3v) is 3.13. The summed E-state index contributed by atoms with van der Waals surface area (Å²) in [6.07, 6.45) is 1.55. The van der Waals surface area contributed by atoms with E-state index in [1.165, 1.54) is 0 Å². The number of halogens is 1. The minimum absolute atomic E-state index is 0.250. The average molecular weight is 299 g/mol. The van der Waals surface area contributed by atoms with Gasteiger partial charge in [0, 0.05) is 5.56 Å². The lowest BCUT2D eigenvalue weighted by molar-refractivity contribution is 0.390. The number of nitrogen functional groups attached to an aromatic ring is 1. The van der Waals surface area contributed by atoms with E-state index in [1.54, 1.807) is 20.4 Å². The molecule has 0 atom stereocenters. The van der Waals surface area contributed by atoms with Crippen LogP contribution in [0.4, 0.5) is 5.88 Å². The van der Waals surface area contributed by atoms with Crippen molar-refractivity contribution in [2.75, 3.05) is 20.0 Å². The molecule has 0 aliphatic carbocycles. The van der Waals surface area contributed by atoms with Crippen molar-refractivity contribution in [2.45, 2.75) is 0 Å². The van der Waals surface area contributed by atoms with Gasteiger partial charge in [0.25, 0.3) is 0 Å². The lowest BCUT2D eigenvalue weighted by Gasteiger charge is -2.12. The number of ether oxygens (including phenoxy) is 2. The third-order valence-electron chi connectivity index (χ3n) is 2.37. The van der Waals surface area contributed by atoms with Gasteiger partial charge >= 0.3 is 0 Å². The molecule has 2 rings (SSSR count). The summed E-state index contributed by atoms with van der Waals surface area (Å²) in [4.78, 5) is 0. The predicted octanol–water partition coefficient (Wildman–Crippen LogP) is 2.70. The molecule has 90 valence electrons. The van der Waals surface area contributed by atoms with E-state index in [-0.39, 0.29) is 5.88 Å². The lowest BCUT2D eigenvalue weighted by Crippen LogP contribution is -1.94. The molecule has 1 heterocycles. The molecule has 0 aliphatic rings. The Balaban J connectivity index is 2.63. The van der Waals surface area contributed by atoms with Crippen molar-refractivity contribution >= 4 is 21.8 Å². The van der Waals surface area contributed by atoms with Gasteiger partial charge in [-0.2, -0.15) is 0 Å². The second-order valence-corrected chi connectivity index (χ2v) is 4.06. The fourth-order valence-corrected chi connectivity index (χ4v) is 2.23. The molecule has 5 nitrogen and oxygen atoms in total. The highest BCUT2D eigenvalue weighted by Crippen LogP contribution is 2.43. The van der Waals surface area contributed by atoms with Gasteiger partial charge in [0.2, 0.25) is 5.88 Å². The monoisotopic (exact) mass is 298 g/mol. The van der Waals surface area contributed by atoms with Gasteiger partial charge in [-0.25, -0.2) is 0 Å². The van der Waals surface area contributed by atoms with Crippen LogP contribution in [-0.4, -0.2) is 19.4 Å². The number of benzene rings is 1. The van der Waals surface area contributed by atoms with Crippen molar-refractivity contribution in [3.63, 3.8) is 0 Å². The van der Waals surface area contributed by atoms with Gasteiger partial charge < -0.3 is 19.7 Å². The molecule has 0 saturated carbocycles. The first kappa shape index (κ1) is 11.8. The summed E-state index contributed by atoms with van der Waals surface area (Å²) in [6, 6.07) is 3.65. The van der Waals surface area contributed by atoms with E-state index in [1.807, 2.05) is 12.1 Å². The summed E-state index contributed by atoms with van der Waals surface area (Å²) in [6.45, 7) is 0. The average Bonchev–Trinajstić information content (AvgIpc) is 2.75. The summed E-state index contributed by atoms with van der Waals surface area (Å²) in [5.41, 5.74) is 7.16. The van der Waals surface area contributed by atoms with Crippen LogP contribution in [0.15, 0.2) is 27.3 Å². The van der Waals surface area contributed by atoms with Gasteiger partial charge in [0.15, 0.2) is 0 Å². The zero-order chi connectivity index (χ0) is 12.4. The maximum Gasteiger partial charge on any atom is 0.230 e. The minimum atomic E-state index is 0.250. The first-order valence-electron chi connectivity index (χ1n) is 4.80. The molecule has 0 amide bonds. The Morgan fingerprint density at radius 1 is 1.24 bits per heavy atom. The molecule has 0 fully saturated rings. The molecule has 0 unspecified atom stereocenters. The Kier molecular flexibility index (Phi) is 3.23. The second kappa shape index (κ2) is 4.67. The van der Waals surface area contributed by atoms with E-state index in [4.69, 9.17) is 19.7 Å². The van der Waals surface area contributed by atoms with Crippen LogP contribution in [0.25, 0.3) is 11.1 Å². The molecule has 6 heteroatoms. The van der Waals surface area contributed by atoms with Crippen LogP contribution in [0, 0.1) is 0 Å². The number of hydrogen-bond donors (Lipinski definition) is 1. The Labute approximate surface area is 107 Å². The van der Waals surface area contributed by atoms with Crippen LogP contribution in [-0.2, 0) is 0 Å². The van der Waals surface area contributed by atoms with Crippen molar-refractivity contribution in [2.24, 2.45) is 0 Å². The molecule has 17 heavy (non-hydrogen) atoms. The summed E-state index contributed by atoms with van der Waals surface area (Å²) in [7, 11) is 3.17. The number of hydrogen-bond acceptors (Lipinski definition) is 5. The normalized spacial score (nSPS) is 10.3. The number of anilines is 1. The molecular formula is C11H11BrN2O3. The fraction of sp³-hybridized carbons (Fsp3) is 0.182. The van der Waals surface area contributed by atoms with Gasteiger partial charge in [0.05, 0.1) is 26.0 Å². The van der Waals surface area contributed by atoms with E-state index in [0.717, 1.165) is 10.0 Å². The van der Waals surface area contributed by atoms with Crippen LogP contribution in [0.1, 0.15) is 0 Å². The second-order valence-electron chi connectivity index (χ2n) is 3.27. The molecule has 0 spiro atoms. The number of methoxy groups -OCH3 is 2. The predicted molar refractivity (Wildman–Crippen MR) is 67.2 cm³/mol. The summed E-state index contributed by atoms with van der Waals surface area (Å²) in [5.74, 6) is 1.56. The smallest absolute Gasteiger partial charge is 0.230 e. The molecule has 0 aliphatic heterocycles. The van der Waals surface area contributed by atoms with Crippen molar-refractivity contribution < 1.29 is 14.0 Å². The highest BCUT2D eigenvalue weighted by molar-refractivity contribution is 9.10. The molecule has 1 aromatic heterocycles. The van der Waals surface area contributed by atoms with Crippen molar-refractivity contribution in [3.8, 4) is 22.6 Å². The van der Waals surface area contributed by atoms with Crippen molar-refractivity contribution in [1.82, 2.24) is 5.16 Å². The Hall–Kier alpha value is -1.69. The molecule has 0 radical (unpaired) electrons. The van der Waals surface area contributed by atoms with Crippen molar-refractivity contribution in [3.05, 3.63) is 22.8 Å². The van der Waals surface area contributed by atoms with Crippen LogP contribution in [0.2, 0.25) is 0 Å². The van der Waals surface area contributed by atoms with Crippen molar-refractivity contribution in [1.29, 1.82) is 0 Å². The zero-order valence-electron chi connectivity index (χ0n) is 9.36. The first-order valence-corrected chi connectivity index (χ1v) is 5.59. The van der Waals surface area contributed by atoms with Crippen LogP contribution < -0.4 is 15.2 Å². The van der Waals surface area contributed by atoms with E-state index in [0.29, 0.717) is 17.1 Å². The van der Waals surface area contributed by atoms with E-state index in [9.17, 15) is 0 Å². The standard InChI is InChI=1S/C11H11BrN2O3/c1-15-8-4-3-6(10(16-2)9(8)12)7-5-14-17-11(7)13/h3-5H,13H2,1-2H3. The van der Waals surface area contributed by atoms with Gasteiger partial charge in [-0.15, -0.1) is 0 Å². The largest absolute Gasteiger partial charge is 0.495 e. The van der Waals surface area contributed by atoms with E-state index in [2.05, 4.69) is 21.1 Å². The SMILES string of the molecule is COc1ccc(-c2cnoc2N)c(OC)c1Br. The Morgan fingerprint density at radius 3 is 2.53 bits per heavy atom. The third kappa shape index (κ3) is 1.95. The first-order chi connectivity index (χ1) is 8.19. The topological polar surface area (TPSA) is 70.5 Å². The van der Waals surface area contributed by atoms with Crippen LogP contribution in [0.3, 0.4) is 0 Å². The Morgan fingerprint density at radius 2 is 2.00 bits per heavy atom. The lowest BCUT2D eigenvalue weighted by atomic mass is 10.1. The molecular weight excluding hydrogens is 288 g/mol. The zero-order valence-corrected chi connectivity index (χ0v) is 10.9. The number of rotatable bonds is 3. The van der Waals surface area contributed by atoms with Crippen LogP contribution >= 0.6 is 15.9 Å². The Bertz CT molecular complexity index is 540. The van der Waals surface area contributed by atoms with Gasteiger partial charge in [0.1, 0.15) is 16.0 Å². The summed E-state index contributed by atoms with van der Waals surface area (Å²) >= 11 is 3.42. The van der Waals surface area contributed by atoms with Gasteiger partial charge in [-0.05, 0) is 28.1 Å². The fourth-order valence-electron chi connectivity index (χ4n) is 1.56. The summed E-state index contributed by atoms with van der Waals surface area (Å²) in [5, 5.41) is 3.64. The quantitative estimate of drug-likeness (QED) is 0.943. The highest BCUT2D eigenvalue weighted by atomic mass is 79.9. The van der Waals surface area contributed by atoms with Gasteiger partial charge in [-0.1, -0.05) is 5.16 Å². The van der Waals surface area contributed by atoms with E-state index < -0.39 is 0 Å². The minimum Gasteiger partial charge on any atom is -0.495 e. The summed E-state index contributed by atoms with van der Waals surface area (Å²) < 4.78 is 16.1.